The number of nitrogens with zero attached hydrogens (tertiary/aromatic N) is 4. The number of aromatic nitrogens is 2. The van der Waals surface area contributed by atoms with Gasteiger partial charge in [-0.15, -0.1) is 0 Å². The monoisotopic (exact) mass is 470 g/mol. The third-order valence-electron chi connectivity index (χ3n) is 6.73. The largest absolute Gasteiger partial charge is 0.343 e. The summed E-state index contributed by atoms with van der Waals surface area (Å²) in [4.78, 5) is 38.4. The quantitative estimate of drug-likeness (QED) is 0.467. The van der Waals surface area contributed by atoms with E-state index < -0.39 is 0 Å². The number of aryl methyl sites for hydroxylation is 1. The Labute approximate surface area is 208 Å². The minimum atomic E-state index is -0.178. The van der Waals surface area contributed by atoms with E-state index in [1.807, 2.05) is 36.1 Å². The van der Waals surface area contributed by atoms with Crippen molar-refractivity contribution in [3.8, 4) is 0 Å². The molecule has 0 radical (unpaired) electrons. The van der Waals surface area contributed by atoms with Crippen LogP contribution in [-0.2, 0) is 17.6 Å². The molecule has 0 saturated carbocycles. The summed E-state index contributed by atoms with van der Waals surface area (Å²) in [6.45, 7) is 4.33. The van der Waals surface area contributed by atoms with Crippen LogP contribution in [-0.4, -0.2) is 57.8 Å². The number of hydrogen-bond donors (Lipinski definition) is 0. The lowest BCUT2D eigenvalue weighted by molar-refractivity contribution is -0.132. The summed E-state index contributed by atoms with van der Waals surface area (Å²) in [6, 6.07) is 20.7. The summed E-state index contributed by atoms with van der Waals surface area (Å²) in [5.74, 6) is 0.559. The summed E-state index contributed by atoms with van der Waals surface area (Å²) in [7, 11) is 0. The van der Waals surface area contributed by atoms with Crippen LogP contribution in [0.25, 0.3) is 0 Å². The Bertz CT molecular complexity index is 1080. The molecular weight excluding hydrogens is 436 g/mol. The maximum Gasteiger partial charge on any atom is 0.274 e. The Morgan fingerprint density at radius 1 is 0.886 bits per heavy atom. The second-order valence-electron chi connectivity index (χ2n) is 9.33. The minimum absolute atomic E-state index is 0.121. The SMILES string of the molecule is Cc1cnc(C(=O)N(CCC(=O)N2CCC(Cc3ccccc3)CC2)CCc2ccccc2)cn1. The van der Waals surface area contributed by atoms with Crippen LogP contribution in [0, 0.1) is 12.8 Å². The fourth-order valence-corrected chi connectivity index (χ4v) is 4.61. The number of likely N-dealkylation sites (tertiary alicyclic amines) is 1. The van der Waals surface area contributed by atoms with Crippen molar-refractivity contribution in [2.75, 3.05) is 26.2 Å². The predicted octanol–water partition coefficient (Wildman–Crippen LogP) is 4.34. The van der Waals surface area contributed by atoms with Crippen LogP contribution in [0.1, 0.15) is 46.6 Å². The molecule has 0 unspecified atom stereocenters. The van der Waals surface area contributed by atoms with Gasteiger partial charge in [-0.1, -0.05) is 60.7 Å². The van der Waals surface area contributed by atoms with Gasteiger partial charge in [-0.25, -0.2) is 4.98 Å². The van der Waals surface area contributed by atoms with E-state index in [0.717, 1.165) is 50.0 Å². The molecule has 2 amide bonds. The summed E-state index contributed by atoms with van der Waals surface area (Å²) in [6.07, 6.45) is 7.29. The van der Waals surface area contributed by atoms with Gasteiger partial charge >= 0.3 is 0 Å². The number of amides is 2. The molecule has 0 N–H and O–H groups in total. The van der Waals surface area contributed by atoms with E-state index in [-0.39, 0.29) is 11.8 Å². The van der Waals surface area contributed by atoms with E-state index in [9.17, 15) is 9.59 Å². The molecule has 1 saturated heterocycles. The third kappa shape index (κ3) is 7.22. The standard InChI is InChI=1S/C29H34N4O2/c1-23-21-31-27(22-30-23)29(35)33(18-12-24-8-4-2-5-9-24)19-15-28(34)32-16-13-26(14-17-32)20-25-10-6-3-7-11-25/h2-11,21-22,26H,12-20H2,1H3. The predicted molar refractivity (Wildman–Crippen MR) is 137 cm³/mol. The lowest BCUT2D eigenvalue weighted by Crippen LogP contribution is -2.41. The molecule has 0 bridgehead atoms. The van der Waals surface area contributed by atoms with Gasteiger partial charge in [0.2, 0.25) is 5.91 Å². The number of carbonyl (C=O) groups excluding carboxylic acids is 2. The Hall–Kier alpha value is -3.54. The summed E-state index contributed by atoms with van der Waals surface area (Å²) in [5, 5.41) is 0. The van der Waals surface area contributed by atoms with Gasteiger partial charge in [0.1, 0.15) is 5.69 Å². The molecule has 0 aliphatic carbocycles. The third-order valence-corrected chi connectivity index (χ3v) is 6.73. The summed E-state index contributed by atoms with van der Waals surface area (Å²) in [5.41, 5.74) is 3.61. The molecule has 2 heterocycles. The summed E-state index contributed by atoms with van der Waals surface area (Å²) >= 11 is 0. The van der Waals surface area contributed by atoms with E-state index in [2.05, 4.69) is 46.4 Å². The van der Waals surface area contributed by atoms with Crippen LogP contribution in [0.3, 0.4) is 0 Å². The topological polar surface area (TPSA) is 66.4 Å². The van der Waals surface area contributed by atoms with Crippen LogP contribution in [0.5, 0.6) is 0 Å². The number of piperidine rings is 1. The van der Waals surface area contributed by atoms with Crippen molar-refractivity contribution in [1.82, 2.24) is 19.8 Å². The van der Waals surface area contributed by atoms with Crippen LogP contribution in [0.4, 0.5) is 0 Å². The maximum atomic E-state index is 13.2. The van der Waals surface area contributed by atoms with Crippen molar-refractivity contribution in [2.24, 2.45) is 5.92 Å². The number of hydrogen-bond acceptors (Lipinski definition) is 4. The molecule has 1 fully saturated rings. The Balaban J connectivity index is 1.31. The van der Waals surface area contributed by atoms with Crippen LogP contribution >= 0.6 is 0 Å². The molecule has 0 spiro atoms. The highest BCUT2D eigenvalue weighted by Crippen LogP contribution is 2.22. The van der Waals surface area contributed by atoms with Gasteiger partial charge in [0, 0.05) is 38.8 Å². The van der Waals surface area contributed by atoms with Crippen molar-refractivity contribution in [1.29, 1.82) is 0 Å². The van der Waals surface area contributed by atoms with Gasteiger partial charge in [0.05, 0.1) is 11.9 Å². The van der Waals surface area contributed by atoms with Crippen molar-refractivity contribution < 1.29 is 9.59 Å². The van der Waals surface area contributed by atoms with Gasteiger partial charge in [0.25, 0.3) is 5.91 Å². The molecule has 1 aromatic heterocycles. The first-order valence-electron chi connectivity index (χ1n) is 12.5. The molecular formula is C29H34N4O2. The van der Waals surface area contributed by atoms with Crippen molar-refractivity contribution in [3.05, 3.63) is 95.6 Å². The first kappa shape index (κ1) is 24.6. The van der Waals surface area contributed by atoms with E-state index in [1.165, 1.54) is 11.8 Å². The lowest BCUT2D eigenvalue weighted by atomic mass is 9.90. The first-order valence-corrected chi connectivity index (χ1v) is 12.5. The van der Waals surface area contributed by atoms with Crippen LogP contribution < -0.4 is 0 Å². The van der Waals surface area contributed by atoms with E-state index in [1.54, 1.807) is 11.1 Å². The number of benzene rings is 2. The van der Waals surface area contributed by atoms with Gasteiger partial charge in [-0.3, -0.25) is 14.6 Å². The molecule has 35 heavy (non-hydrogen) atoms. The fourth-order valence-electron chi connectivity index (χ4n) is 4.61. The normalized spacial score (nSPS) is 14.0. The average molecular weight is 471 g/mol. The molecule has 3 aromatic rings. The molecule has 1 aliphatic heterocycles. The molecule has 6 nitrogen and oxygen atoms in total. The van der Waals surface area contributed by atoms with Gasteiger partial charge < -0.3 is 9.80 Å². The summed E-state index contributed by atoms with van der Waals surface area (Å²) < 4.78 is 0. The lowest BCUT2D eigenvalue weighted by Gasteiger charge is -2.33. The fraction of sp³-hybridized carbons (Fsp3) is 0.379. The zero-order chi connectivity index (χ0) is 24.5. The van der Waals surface area contributed by atoms with E-state index >= 15 is 0 Å². The highest BCUT2D eigenvalue weighted by molar-refractivity contribution is 5.92. The first-order chi connectivity index (χ1) is 17.1. The highest BCUT2D eigenvalue weighted by atomic mass is 16.2. The molecule has 4 rings (SSSR count). The highest BCUT2D eigenvalue weighted by Gasteiger charge is 2.24. The Morgan fingerprint density at radius 2 is 1.54 bits per heavy atom. The van der Waals surface area contributed by atoms with Crippen molar-refractivity contribution in [3.63, 3.8) is 0 Å². The molecule has 182 valence electrons. The van der Waals surface area contributed by atoms with Crippen LogP contribution in [0.2, 0.25) is 0 Å². The number of carbonyl (C=O) groups is 2. The van der Waals surface area contributed by atoms with Crippen molar-refractivity contribution in [2.45, 2.75) is 39.0 Å². The van der Waals surface area contributed by atoms with Crippen molar-refractivity contribution >= 4 is 11.8 Å². The van der Waals surface area contributed by atoms with Gasteiger partial charge in [-0.2, -0.15) is 0 Å². The van der Waals surface area contributed by atoms with E-state index in [4.69, 9.17) is 0 Å². The smallest absolute Gasteiger partial charge is 0.274 e. The molecule has 1 aliphatic rings. The zero-order valence-corrected chi connectivity index (χ0v) is 20.5. The zero-order valence-electron chi connectivity index (χ0n) is 20.5. The minimum Gasteiger partial charge on any atom is -0.343 e. The average Bonchev–Trinajstić information content (AvgIpc) is 2.90. The Kier molecular flexibility index (Phi) is 8.60. The number of rotatable bonds is 9. The maximum absolute atomic E-state index is 13.2. The second-order valence-corrected chi connectivity index (χ2v) is 9.33. The van der Waals surface area contributed by atoms with Gasteiger partial charge in [-0.05, 0) is 49.7 Å². The van der Waals surface area contributed by atoms with Crippen LogP contribution in [0.15, 0.2) is 73.1 Å². The molecule has 2 aromatic carbocycles. The van der Waals surface area contributed by atoms with Gasteiger partial charge in [0.15, 0.2) is 0 Å². The molecule has 0 atom stereocenters. The molecule has 6 heteroatoms. The second kappa shape index (κ2) is 12.2. The van der Waals surface area contributed by atoms with E-state index in [0.29, 0.717) is 31.1 Å². The Morgan fingerprint density at radius 3 is 2.17 bits per heavy atom.